The van der Waals surface area contributed by atoms with Crippen LogP contribution in [0, 0.1) is 13.8 Å². The van der Waals surface area contributed by atoms with Gasteiger partial charge in [-0.2, -0.15) is 5.10 Å². The zero-order chi connectivity index (χ0) is 21.3. The van der Waals surface area contributed by atoms with Gasteiger partial charge in [-0.3, -0.25) is 9.48 Å². The van der Waals surface area contributed by atoms with Crippen molar-refractivity contribution in [1.29, 1.82) is 0 Å². The van der Waals surface area contributed by atoms with Crippen molar-refractivity contribution in [2.45, 2.75) is 33.2 Å². The highest BCUT2D eigenvalue weighted by Crippen LogP contribution is 2.28. The zero-order valence-electron chi connectivity index (χ0n) is 17.4. The average molecular weight is 401 g/mol. The monoisotopic (exact) mass is 401 g/mol. The normalized spacial score (nSPS) is 12.1. The number of benzene rings is 1. The van der Waals surface area contributed by atoms with Crippen molar-refractivity contribution in [2.75, 3.05) is 0 Å². The highest BCUT2D eigenvalue weighted by molar-refractivity contribution is 6.08. The van der Waals surface area contributed by atoms with Crippen molar-refractivity contribution in [2.24, 2.45) is 7.05 Å². The largest absolute Gasteiger partial charge is 0.342 e. The van der Waals surface area contributed by atoms with Crippen LogP contribution in [0.1, 0.15) is 46.7 Å². The summed E-state index contributed by atoms with van der Waals surface area (Å²) in [6.07, 6.45) is 7.05. The molecule has 152 valence electrons. The first-order chi connectivity index (χ1) is 14.5. The summed E-state index contributed by atoms with van der Waals surface area (Å²) >= 11 is 0. The molecule has 4 rings (SSSR count). The number of nitrogens with one attached hydrogen (secondary N) is 1. The molecule has 1 aromatic carbocycles. The highest BCUT2D eigenvalue weighted by atomic mass is 16.1. The number of rotatable bonds is 5. The quantitative estimate of drug-likeness (QED) is 0.551. The van der Waals surface area contributed by atoms with E-state index in [1.165, 1.54) is 12.7 Å². The van der Waals surface area contributed by atoms with Crippen LogP contribution in [0.25, 0.3) is 22.2 Å². The SMILES string of the molecule is CC[C@H](NC(=O)c1cc(-c2cncnc2)nc2c(C)c(C)ccc12)c1ncnn1C. The fraction of sp³-hybridized carbons (Fsp3) is 0.273. The predicted octanol–water partition coefficient (Wildman–Crippen LogP) is 3.32. The first kappa shape index (κ1) is 19.6. The van der Waals surface area contributed by atoms with Crippen molar-refractivity contribution in [3.63, 3.8) is 0 Å². The first-order valence-electron chi connectivity index (χ1n) is 9.80. The van der Waals surface area contributed by atoms with Gasteiger partial charge in [0.25, 0.3) is 5.91 Å². The second kappa shape index (κ2) is 7.98. The zero-order valence-corrected chi connectivity index (χ0v) is 17.4. The van der Waals surface area contributed by atoms with E-state index in [0.29, 0.717) is 23.5 Å². The number of carbonyl (C=O) groups excluding carboxylic acids is 1. The molecule has 3 aromatic heterocycles. The average Bonchev–Trinajstić information content (AvgIpc) is 3.20. The molecular formula is C22H23N7O. The molecule has 0 spiro atoms. The molecule has 4 aromatic rings. The third-order valence-electron chi connectivity index (χ3n) is 5.38. The highest BCUT2D eigenvalue weighted by Gasteiger charge is 2.21. The maximum atomic E-state index is 13.4. The summed E-state index contributed by atoms with van der Waals surface area (Å²) in [6, 6.07) is 5.52. The van der Waals surface area contributed by atoms with Gasteiger partial charge in [0.15, 0.2) is 0 Å². The molecule has 1 atom stereocenters. The van der Waals surface area contributed by atoms with Crippen LogP contribution in [0.5, 0.6) is 0 Å². The van der Waals surface area contributed by atoms with Gasteiger partial charge in [0.1, 0.15) is 18.5 Å². The molecule has 8 heteroatoms. The lowest BCUT2D eigenvalue weighted by Gasteiger charge is -2.18. The number of aromatic nitrogens is 6. The summed E-state index contributed by atoms with van der Waals surface area (Å²) in [7, 11) is 1.82. The minimum Gasteiger partial charge on any atom is -0.342 e. The fourth-order valence-corrected chi connectivity index (χ4v) is 3.50. The van der Waals surface area contributed by atoms with Crippen LogP contribution in [0.4, 0.5) is 0 Å². The Bertz CT molecular complexity index is 1220. The Kier molecular flexibility index (Phi) is 5.22. The van der Waals surface area contributed by atoms with E-state index in [0.717, 1.165) is 27.6 Å². The molecule has 30 heavy (non-hydrogen) atoms. The van der Waals surface area contributed by atoms with E-state index < -0.39 is 0 Å². The van der Waals surface area contributed by atoms with E-state index in [4.69, 9.17) is 4.98 Å². The second-order valence-corrected chi connectivity index (χ2v) is 7.26. The third kappa shape index (κ3) is 3.52. The Morgan fingerprint density at radius 1 is 1.17 bits per heavy atom. The number of carbonyl (C=O) groups is 1. The Hall–Kier alpha value is -3.68. The van der Waals surface area contributed by atoms with Crippen LogP contribution < -0.4 is 5.32 Å². The first-order valence-corrected chi connectivity index (χ1v) is 9.80. The number of hydrogen-bond donors (Lipinski definition) is 1. The molecular weight excluding hydrogens is 378 g/mol. The van der Waals surface area contributed by atoms with Crippen molar-refractivity contribution in [3.05, 3.63) is 65.8 Å². The van der Waals surface area contributed by atoms with Crippen LogP contribution in [-0.2, 0) is 7.05 Å². The number of hydrogen-bond acceptors (Lipinski definition) is 6. The van der Waals surface area contributed by atoms with Crippen LogP contribution >= 0.6 is 0 Å². The van der Waals surface area contributed by atoms with Crippen molar-refractivity contribution >= 4 is 16.8 Å². The molecule has 0 fully saturated rings. The molecule has 0 aliphatic heterocycles. The van der Waals surface area contributed by atoms with Gasteiger partial charge in [-0.1, -0.05) is 19.1 Å². The molecule has 0 radical (unpaired) electrons. The van der Waals surface area contributed by atoms with Crippen LogP contribution in [0.3, 0.4) is 0 Å². The predicted molar refractivity (Wildman–Crippen MR) is 114 cm³/mol. The maximum absolute atomic E-state index is 13.4. The molecule has 0 aliphatic carbocycles. The molecule has 0 saturated heterocycles. The van der Waals surface area contributed by atoms with Crippen molar-refractivity contribution in [1.82, 2.24) is 35.0 Å². The van der Waals surface area contributed by atoms with Crippen molar-refractivity contribution < 1.29 is 4.79 Å². The molecule has 0 bridgehead atoms. The van der Waals surface area contributed by atoms with Crippen molar-refractivity contribution in [3.8, 4) is 11.3 Å². The number of amides is 1. The minimum absolute atomic E-state index is 0.182. The van der Waals surface area contributed by atoms with Gasteiger partial charge in [-0.15, -0.1) is 0 Å². The summed E-state index contributed by atoms with van der Waals surface area (Å²) in [5.74, 6) is 0.534. The Labute approximate surface area is 174 Å². The van der Waals surface area contributed by atoms with Crippen LogP contribution in [0.15, 0.2) is 43.2 Å². The lowest BCUT2D eigenvalue weighted by Crippen LogP contribution is -2.30. The van der Waals surface area contributed by atoms with Gasteiger partial charge in [0.05, 0.1) is 22.8 Å². The number of aryl methyl sites for hydroxylation is 3. The lowest BCUT2D eigenvalue weighted by molar-refractivity contribution is 0.0934. The Morgan fingerprint density at radius 3 is 2.60 bits per heavy atom. The molecule has 1 amide bonds. The number of fused-ring (bicyclic) bond motifs is 1. The van der Waals surface area contributed by atoms with E-state index in [2.05, 4.69) is 25.4 Å². The number of nitrogens with zero attached hydrogens (tertiary/aromatic N) is 6. The maximum Gasteiger partial charge on any atom is 0.252 e. The van der Waals surface area contributed by atoms with E-state index in [1.54, 1.807) is 23.1 Å². The molecule has 0 unspecified atom stereocenters. The number of pyridine rings is 1. The standard InChI is InChI=1S/C22H23N7O/c1-5-18(21-25-12-26-29(21)4)28-22(30)17-8-19(15-9-23-11-24-10-15)27-20-14(3)13(2)6-7-16(17)20/h6-12,18H,5H2,1-4H3,(H,28,30)/t18-/m0/s1. The van der Waals surface area contributed by atoms with E-state index in [-0.39, 0.29) is 11.9 Å². The summed E-state index contributed by atoms with van der Waals surface area (Å²) in [4.78, 5) is 30.7. The Balaban J connectivity index is 1.83. The summed E-state index contributed by atoms with van der Waals surface area (Å²) < 4.78 is 1.68. The fourth-order valence-electron chi connectivity index (χ4n) is 3.50. The van der Waals surface area contributed by atoms with Gasteiger partial charge in [0.2, 0.25) is 0 Å². The third-order valence-corrected chi connectivity index (χ3v) is 5.38. The lowest BCUT2D eigenvalue weighted by atomic mass is 9.99. The van der Waals surface area contributed by atoms with Crippen LogP contribution in [0.2, 0.25) is 0 Å². The minimum atomic E-state index is -0.247. The summed E-state index contributed by atoms with van der Waals surface area (Å²) in [5, 5.41) is 8.04. The van der Waals surface area contributed by atoms with Gasteiger partial charge in [0, 0.05) is 30.4 Å². The molecule has 0 aliphatic rings. The van der Waals surface area contributed by atoms with Gasteiger partial charge >= 0.3 is 0 Å². The summed E-state index contributed by atoms with van der Waals surface area (Å²) in [5.41, 5.74) is 4.94. The smallest absolute Gasteiger partial charge is 0.252 e. The molecule has 3 heterocycles. The molecule has 1 N–H and O–H groups in total. The van der Waals surface area contributed by atoms with Gasteiger partial charge < -0.3 is 5.32 Å². The van der Waals surface area contributed by atoms with Gasteiger partial charge in [-0.25, -0.2) is 19.9 Å². The topological polar surface area (TPSA) is 98.5 Å². The van der Waals surface area contributed by atoms with Gasteiger partial charge in [-0.05, 0) is 37.5 Å². The second-order valence-electron chi connectivity index (χ2n) is 7.26. The Morgan fingerprint density at radius 2 is 1.93 bits per heavy atom. The van der Waals surface area contributed by atoms with E-state index in [9.17, 15) is 4.79 Å². The van der Waals surface area contributed by atoms with E-state index in [1.807, 2.05) is 40.0 Å². The molecule has 8 nitrogen and oxygen atoms in total. The van der Waals surface area contributed by atoms with Crippen LogP contribution in [-0.4, -0.2) is 35.6 Å². The molecule has 0 saturated carbocycles. The summed E-state index contributed by atoms with van der Waals surface area (Å²) in [6.45, 7) is 6.06. The van der Waals surface area contributed by atoms with E-state index >= 15 is 0 Å².